The number of hydrogen-bond donors (Lipinski definition) is 0. The maximum absolute atomic E-state index is 11.7. The summed E-state index contributed by atoms with van der Waals surface area (Å²) in [5.41, 5.74) is 0. The molecule has 6 nitrogen and oxygen atoms in total. The first-order valence-electron chi connectivity index (χ1n) is 5.66. The topological polar surface area (TPSA) is 59.1 Å². The van der Waals surface area contributed by atoms with Gasteiger partial charge in [-0.3, -0.25) is 9.46 Å². The molecule has 0 aliphatic carbocycles. The normalized spacial score (nSPS) is 21.0. The first-order chi connectivity index (χ1) is 7.98. The van der Waals surface area contributed by atoms with E-state index >= 15 is 0 Å². The lowest BCUT2D eigenvalue weighted by Gasteiger charge is -2.34. The van der Waals surface area contributed by atoms with Crippen LogP contribution in [0.4, 0.5) is 4.79 Å². The highest BCUT2D eigenvalue weighted by molar-refractivity contribution is 7.58. The average Bonchev–Trinajstić information content (AvgIpc) is 2.36. The predicted octanol–water partition coefficient (Wildman–Crippen LogP) is 0.925. The smallest absolute Gasteiger partial charge is 0.409 e. The lowest BCUT2D eigenvalue weighted by Crippen LogP contribution is -2.49. The van der Waals surface area contributed by atoms with Crippen molar-refractivity contribution in [1.82, 2.24) is 9.80 Å². The van der Waals surface area contributed by atoms with E-state index < -0.39 is 7.37 Å². The molecule has 0 spiro atoms. The number of piperazine rings is 1. The fraction of sp³-hybridized carbons (Fsp3) is 0.900. The minimum atomic E-state index is -2.43. The van der Waals surface area contributed by atoms with Crippen molar-refractivity contribution in [3.8, 4) is 0 Å². The number of carbonyl (C=O) groups excluding carboxylic acids is 1. The summed E-state index contributed by atoms with van der Waals surface area (Å²) >= 11 is 0. The second-order valence-electron chi connectivity index (χ2n) is 4.22. The van der Waals surface area contributed by atoms with Gasteiger partial charge >= 0.3 is 6.09 Å². The highest BCUT2D eigenvalue weighted by Crippen LogP contribution is 2.40. The van der Waals surface area contributed by atoms with Crippen molar-refractivity contribution >= 4 is 13.5 Å². The van der Waals surface area contributed by atoms with Gasteiger partial charge in [0, 0.05) is 52.7 Å². The van der Waals surface area contributed by atoms with Gasteiger partial charge in [0.15, 0.2) is 0 Å². The van der Waals surface area contributed by atoms with Gasteiger partial charge in [0.25, 0.3) is 0 Å². The van der Waals surface area contributed by atoms with Gasteiger partial charge in [0.2, 0.25) is 7.37 Å². The van der Waals surface area contributed by atoms with Crippen molar-refractivity contribution in [1.29, 1.82) is 0 Å². The molecule has 1 aliphatic heterocycles. The highest BCUT2D eigenvalue weighted by Gasteiger charge is 2.23. The van der Waals surface area contributed by atoms with Crippen LogP contribution in [0.2, 0.25) is 0 Å². The summed E-state index contributed by atoms with van der Waals surface area (Å²) in [5.74, 6) is 0. The number of amides is 1. The average molecular weight is 264 g/mol. The second kappa shape index (κ2) is 6.38. The van der Waals surface area contributed by atoms with E-state index in [1.807, 2.05) is 0 Å². The fourth-order valence-electron chi connectivity index (χ4n) is 1.70. The van der Waals surface area contributed by atoms with Crippen LogP contribution in [0.15, 0.2) is 0 Å². The molecule has 1 saturated heterocycles. The summed E-state index contributed by atoms with van der Waals surface area (Å²) in [5, 5.41) is 0. The van der Waals surface area contributed by atoms with Crippen molar-refractivity contribution in [2.75, 3.05) is 59.8 Å². The van der Waals surface area contributed by atoms with Crippen LogP contribution in [0.3, 0.4) is 0 Å². The molecule has 0 N–H and O–H groups in total. The van der Waals surface area contributed by atoms with Crippen molar-refractivity contribution in [2.24, 2.45) is 0 Å². The summed E-state index contributed by atoms with van der Waals surface area (Å²) < 4.78 is 21.3. The molecule has 0 saturated carbocycles. The van der Waals surface area contributed by atoms with Gasteiger partial charge in [0.05, 0.1) is 7.11 Å². The second-order valence-corrected chi connectivity index (χ2v) is 7.06. The first-order valence-corrected chi connectivity index (χ1v) is 7.92. The number of ether oxygens (including phenoxy) is 1. The van der Waals surface area contributed by atoms with Crippen molar-refractivity contribution in [3.63, 3.8) is 0 Å². The summed E-state index contributed by atoms with van der Waals surface area (Å²) in [4.78, 5) is 15.1. The van der Waals surface area contributed by atoms with Crippen molar-refractivity contribution in [2.45, 2.75) is 0 Å². The molecular weight excluding hydrogens is 243 g/mol. The highest BCUT2D eigenvalue weighted by atomic mass is 31.2. The van der Waals surface area contributed by atoms with E-state index in [1.54, 1.807) is 11.6 Å². The monoisotopic (exact) mass is 264 g/mol. The van der Waals surface area contributed by atoms with Crippen LogP contribution in [-0.4, -0.2) is 75.7 Å². The Balaban J connectivity index is 2.28. The molecule has 7 heteroatoms. The molecule has 17 heavy (non-hydrogen) atoms. The third-order valence-corrected chi connectivity index (χ3v) is 4.80. The fourth-order valence-corrected chi connectivity index (χ4v) is 2.53. The van der Waals surface area contributed by atoms with E-state index in [0.29, 0.717) is 19.3 Å². The van der Waals surface area contributed by atoms with E-state index in [-0.39, 0.29) is 6.09 Å². The molecule has 0 aromatic rings. The Morgan fingerprint density at radius 3 is 2.29 bits per heavy atom. The molecule has 1 rings (SSSR count). The number of hydrogen-bond acceptors (Lipinski definition) is 5. The molecule has 0 bridgehead atoms. The standard InChI is InChI=1S/C10H21N2O4P/c1-15-10(13)12-6-4-11(5-7-12)8-9-17(3,14)16-2/h4-9H2,1-3H3. The Hall–Kier alpha value is -0.580. The van der Waals surface area contributed by atoms with E-state index in [2.05, 4.69) is 9.64 Å². The molecule has 1 amide bonds. The van der Waals surface area contributed by atoms with Crippen LogP contribution in [0.25, 0.3) is 0 Å². The molecule has 1 fully saturated rings. The molecular formula is C10H21N2O4P. The van der Waals surface area contributed by atoms with E-state index in [4.69, 9.17) is 4.52 Å². The molecule has 1 heterocycles. The van der Waals surface area contributed by atoms with Gasteiger partial charge < -0.3 is 14.2 Å². The Kier molecular flexibility index (Phi) is 5.43. The van der Waals surface area contributed by atoms with Gasteiger partial charge in [-0.05, 0) is 0 Å². The molecule has 1 atom stereocenters. The summed E-state index contributed by atoms with van der Waals surface area (Å²) in [6.45, 7) is 5.30. The van der Waals surface area contributed by atoms with E-state index in [9.17, 15) is 9.36 Å². The Morgan fingerprint density at radius 1 is 1.24 bits per heavy atom. The first kappa shape index (κ1) is 14.5. The lowest BCUT2D eigenvalue weighted by molar-refractivity contribution is 0.0927. The maximum Gasteiger partial charge on any atom is 0.409 e. The van der Waals surface area contributed by atoms with Crippen LogP contribution in [0, 0.1) is 0 Å². The quantitative estimate of drug-likeness (QED) is 0.707. The minimum absolute atomic E-state index is 0.275. The van der Waals surface area contributed by atoms with Gasteiger partial charge in [-0.25, -0.2) is 4.79 Å². The van der Waals surface area contributed by atoms with Crippen LogP contribution in [0.1, 0.15) is 0 Å². The van der Waals surface area contributed by atoms with E-state index in [0.717, 1.165) is 19.6 Å². The number of carbonyl (C=O) groups is 1. The van der Waals surface area contributed by atoms with Gasteiger partial charge in [0.1, 0.15) is 0 Å². The largest absolute Gasteiger partial charge is 0.453 e. The predicted molar refractivity (Wildman–Crippen MR) is 65.8 cm³/mol. The van der Waals surface area contributed by atoms with Crippen molar-refractivity contribution in [3.05, 3.63) is 0 Å². The SMILES string of the molecule is COC(=O)N1CCN(CCP(C)(=O)OC)CC1. The summed E-state index contributed by atoms with van der Waals surface area (Å²) in [6.07, 6.45) is 0.282. The summed E-state index contributed by atoms with van der Waals surface area (Å²) in [6, 6.07) is 0. The molecule has 1 aliphatic rings. The van der Waals surface area contributed by atoms with Gasteiger partial charge in [-0.1, -0.05) is 0 Å². The number of nitrogens with zero attached hydrogens (tertiary/aromatic N) is 2. The molecule has 0 radical (unpaired) electrons. The summed E-state index contributed by atoms with van der Waals surface area (Å²) in [7, 11) is 0.445. The number of methoxy groups -OCH3 is 1. The third-order valence-electron chi connectivity index (χ3n) is 3.01. The van der Waals surface area contributed by atoms with Crippen LogP contribution in [0.5, 0.6) is 0 Å². The Bertz CT molecular complexity index is 303. The minimum Gasteiger partial charge on any atom is -0.453 e. The van der Waals surface area contributed by atoms with Gasteiger partial charge in [-0.15, -0.1) is 0 Å². The van der Waals surface area contributed by atoms with Crippen molar-refractivity contribution < 1.29 is 18.6 Å². The lowest BCUT2D eigenvalue weighted by atomic mass is 10.3. The maximum atomic E-state index is 11.7. The molecule has 1 unspecified atom stereocenters. The van der Waals surface area contributed by atoms with Crippen LogP contribution >= 0.6 is 7.37 Å². The molecule has 100 valence electrons. The van der Waals surface area contributed by atoms with Crippen LogP contribution < -0.4 is 0 Å². The number of rotatable bonds is 4. The van der Waals surface area contributed by atoms with E-state index in [1.165, 1.54) is 14.2 Å². The molecule has 0 aromatic heterocycles. The molecule has 0 aromatic carbocycles. The van der Waals surface area contributed by atoms with Gasteiger partial charge in [-0.2, -0.15) is 0 Å². The third kappa shape index (κ3) is 4.66. The zero-order chi connectivity index (χ0) is 12.9. The van der Waals surface area contributed by atoms with Crippen LogP contribution in [-0.2, 0) is 13.8 Å². The Labute approximate surface area is 102 Å². The zero-order valence-corrected chi connectivity index (χ0v) is 11.6. The Morgan fingerprint density at radius 2 is 1.82 bits per heavy atom. The zero-order valence-electron chi connectivity index (χ0n) is 10.7.